The maximum absolute atomic E-state index is 13.4. The quantitative estimate of drug-likeness (QED) is 0.890. The summed E-state index contributed by atoms with van der Waals surface area (Å²) in [4.78, 5) is 13.4. The predicted octanol–water partition coefficient (Wildman–Crippen LogP) is 1.49. The molecule has 1 aromatic rings. The zero-order valence-electron chi connectivity index (χ0n) is 9.73. The Morgan fingerprint density at radius 1 is 1.44 bits per heavy atom. The van der Waals surface area contributed by atoms with Crippen LogP contribution >= 0.6 is 12.4 Å². The number of rotatable bonds is 2. The molecule has 2 N–H and O–H groups in total. The Bertz CT molecular complexity index is 442. The van der Waals surface area contributed by atoms with Crippen molar-refractivity contribution in [3.05, 3.63) is 35.4 Å². The van der Waals surface area contributed by atoms with Gasteiger partial charge >= 0.3 is 0 Å². The van der Waals surface area contributed by atoms with Gasteiger partial charge < -0.3 is 10.6 Å². The Morgan fingerprint density at radius 2 is 2.17 bits per heavy atom. The SMILES string of the molecule is Cl.N[C@H]1CCN(C(=O)Cc2cccc(F)c2F)C1. The molecule has 0 aliphatic carbocycles. The van der Waals surface area contributed by atoms with Crippen LogP contribution in [0.15, 0.2) is 18.2 Å². The number of hydrogen-bond donors (Lipinski definition) is 1. The minimum atomic E-state index is -0.940. The van der Waals surface area contributed by atoms with Gasteiger partial charge in [0.25, 0.3) is 0 Å². The second kappa shape index (κ2) is 6.11. The third-order valence-corrected chi connectivity index (χ3v) is 2.95. The normalized spacial score (nSPS) is 18.6. The molecular formula is C12H15ClF2N2O. The van der Waals surface area contributed by atoms with Crippen LogP contribution in [-0.2, 0) is 11.2 Å². The van der Waals surface area contributed by atoms with Crippen LogP contribution in [0.2, 0.25) is 0 Å². The fourth-order valence-electron chi connectivity index (χ4n) is 1.97. The third kappa shape index (κ3) is 3.17. The molecule has 100 valence electrons. The summed E-state index contributed by atoms with van der Waals surface area (Å²) in [5, 5.41) is 0. The minimum absolute atomic E-state index is 0. The molecule has 3 nitrogen and oxygen atoms in total. The van der Waals surface area contributed by atoms with E-state index in [4.69, 9.17) is 5.73 Å². The number of carbonyl (C=O) groups excluding carboxylic acids is 1. The summed E-state index contributed by atoms with van der Waals surface area (Å²) in [5.41, 5.74) is 5.78. The van der Waals surface area contributed by atoms with Crippen molar-refractivity contribution in [3.8, 4) is 0 Å². The first-order chi connectivity index (χ1) is 8.08. The summed E-state index contributed by atoms with van der Waals surface area (Å²) in [6.45, 7) is 1.09. The molecule has 0 aromatic heterocycles. The minimum Gasteiger partial charge on any atom is -0.341 e. The third-order valence-electron chi connectivity index (χ3n) is 2.95. The van der Waals surface area contributed by atoms with Crippen LogP contribution in [0.5, 0.6) is 0 Å². The fourth-order valence-corrected chi connectivity index (χ4v) is 1.97. The zero-order chi connectivity index (χ0) is 12.4. The van der Waals surface area contributed by atoms with Crippen LogP contribution in [-0.4, -0.2) is 29.9 Å². The lowest BCUT2D eigenvalue weighted by Crippen LogP contribution is -2.33. The smallest absolute Gasteiger partial charge is 0.227 e. The van der Waals surface area contributed by atoms with E-state index in [9.17, 15) is 13.6 Å². The van der Waals surface area contributed by atoms with Crippen molar-refractivity contribution < 1.29 is 13.6 Å². The number of hydrogen-bond acceptors (Lipinski definition) is 2. The molecule has 0 radical (unpaired) electrons. The zero-order valence-corrected chi connectivity index (χ0v) is 10.6. The Labute approximate surface area is 110 Å². The molecule has 6 heteroatoms. The summed E-state index contributed by atoms with van der Waals surface area (Å²) in [5.74, 6) is -2.07. The van der Waals surface area contributed by atoms with Gasteiger partial charge in [-0.3, -0.25) is 4.79 Å². The second-order valence-electron chi connectivity index (χ2n) is 4.28. The van der Waals surface area contributed by atoms with Crippen LogP contribution in [0.1, 0.15) is 12.0 Å². The monoisotopic (exact) mass is 276 g/mol. The van der Waals surface area contributed by atoms with Crippen molar-refractivity contribution in [1.29, 1.82) is 0 Å². The molecule has 0 bridgehead atoms. The highest BCUT2D eigenvalue weighted by Crippen LogP contribution is 2.15. The Balaban J connectivity index is 0.00000162. The van der Waals surface area contributed by atoms with E-state index in [0.717, 1.165) is 12.5 Å². The lowest BCUT2D eigenvalue weighted by atomic mass is 10.1. The molecule has 1 aromatic carbocycles. The maximum atomic E-state index is 13.4. The topological polar surface area (TPSA) is 46.3 Å². The largest absolute Gasteiger partial charge is 0.341 e. The van der Waals surface area contributed by atoms with Crippen molar-refractivity contribution in [1.82, 2.24) is 4.90 Å². The van der Waals surface area contributed by atoms with Gasteiger partial charge in [0, 0.05) is 24.7 Å². The van der Waals surface area contributed by atoms with E-state index in [1.807, 2.05) is 0 Å². The van der Waals surface area contributed by atoms with Crippen LogP contribution in [0.3, 0.4) is 0 Å². The lowest BCUT2D eigenvalue weighted by molar-refractivity contribution is -0.129. The number of nitrogens with two attached hydrogens (primary N) is 1. The first kappa shape index (κ1) is 14.9. The molecule has 1 amide bonds. The standard InChI is InChI=1S/C12H14F2N2O.ClH/c13-10-3-1-2-8(12(10)14)6-11(17)16-5-4-9(15)7-16;/h1-3,9H,4-7,15H2;1H/t9-;/m0./s1. The van der Waals surface area contributed by atoms with E-state index in [0.29, 0.717) is 13.1 Å². The number of benzene rings is 1. The Hall–Kier alpha value is -1.20. The molecule has 1 aliphatic rings. The average molecular weight is 277 g/mol. The van der Waals surface area contributed by atoms with Gasteiger partial charge in [0.05, 0.1) is 6.42 Å². The van der Waals surface area contributed by atoms with E-state index < -0.39 is 11.6 Å². The molecule has 0 saturated carbocycles. The summed E-state index contributed by atoms with van der Waals surface area (Å²) in [6, 6.07) is 3.86. The van der Waals surface area contributed by atoms with Gasteiger partial charge in [0.2, 0.25) is 5.91 Å². The van der Waals surface area contributed by atoms with Crippen molar-refractivity contribution in [3.63, 3.8) is 0 Å². The first-order valence-electron chi connectivity index (χ1n) is 5.54. The molecule has 2 rings (SSSR count). The van der Waals surface area contributed by atoms with Crippen LogP contribution in [0, 0.1) is 11.6 Å². The van der Waals surface area contributed by atoms with E-state index in [1.54, 1.807) is 4.90 Å². The van der Waals surface area contributed by atoms with E-state index in [1.165, 1.54) is 12.1 Å². The van der Waals surface area contributed by atoms with Crippen molar-refractivity contribution in [2.45, 2.75) is 18.9 Å². The van der Waals surface area contributed by atoms with E-state index in [-0.39, 0.29) is 36.3 Å². The summed E-state index contributed by atoms with van der Waals surface area (Å²) in [7, 11) is 0. The number of nitrogens with zero attached hydrogens (tertiary/aromatic N) is 1. The van der Waals surface area contributed by atoms with Gasteiger partial charge in [0.1, 0.15) is 0 Å². The Morgan fingerprint density at radius 3 is 2.78 bits per heavy atom. The predicted molar refractivity (Wildman–Crippen MR) is 66.5 cm³/mol. The second-order valence-corrected chi connectivity index (χ2v) is 4.28. The van der Waals surface area contributed by atoms with Gasteiger partial charge in [-0.25, -0.2) is 8.78 Å². The molecule has 1 saturated heterocycles. The van der Waals surface area contributed by atoms with Crippen LogP contribution in [0.25, 0.3) is 0 Å². The van der Waals surface area contributed by atoms with Gasteiger partial charge in [0.15, 0.2) is 11.6 Å². The van der Waals surface area contributed by atoms with E-state index in [2.05, 4.69) is 0 Å². The number of halogens is 3. The van der Waals surface area contributed by atoms with Gasteiger partial charge in [-0.05, 0) is 12.5 Å². The summed E-state index contributed by atoms with van der Waals surface area (Å²) >= 11 is 0. The van der Waals surface area contributed by atoms with Crippen molar-refractivity contribution in [2.24, 2.45) is 5.73 Å². The molecule has 18 heavy (non-hydrogen) atoms. The van der Waals surface area contributed by atoms with Crippen LogP contribution < -0.4 is 5.73 Å². The average Bonchev–Trinajstić information content (AvgIpc) is 2.72. The van der Waals surface area contributed by atoms with E-state index >= 15 is 0 Å². The van der Waals surface area contributed by atoms with Crippen LogP contribution in [0.4, 0.5) is 8.78 Å². The lowest BCUT2D eigenvalue weighted by Gasteiger charge is -2.15. The molecule has 1 aliphatic heterocycles. The van der Waals surface area contributed by atoms with Crippen molar-refractivity contribution in [2.75, 3.05) is 13.1 Å². The Kier molecular flexibility index (Phi) is 5.04. The highest BCUT2D eigenvalue weighted by molar-refractivity contribution is 5.85. The number of amides is 1. The van der Waals surface area contributed by atoms with Gasteiger partial charge in [-0.2, -0.15) is 0 Å². The van der Waals surface area contributed by atoms with Gasteiger partial charge in [-0.1, -0.05) is 12.1 Å². The molecule has 1 atom stereocenters. The fraction of sp³-hybridized carbons (Fsp3) is 0.417. The number of likely N-dealkylation sites (tertiary alicyclic amines) is 1. The van der Waals surface area contributed by atoms with Crippen molar-refractivity contribution >= 4 is 18.3 Å². The molecule has 1 heterocycles. The maximum Gasteiger partial charge on any atom is 0.227 e. The number of carbonyl (C=O) groups is 1. The highest BCUT2D eigenvalue weighted by atomic mass is 35.5. The molecule has 1 fully saturated rings. The molecular weight excluding hydrogens is 262 g/mol. The first-order valence-corrected chi connectivity index (χ1v) is 5.54. The van der Waals surface area contributed by atoms with Gasteiger partial charge in [-0.15, -0.1) is 12.4 Å². The molecule has 0 spiro atoms. The summed E-state index contributed by atoms with van der Waals surface area (Å²) < 4.78 is 26.3. The molecule has 0 unspecified atom stereocenters. The highest BCUT2D eigenvalue weighted by Gasteiger charge is 2.24. The summed E-state index contributed by atoms with van der Waals surface area (Å²) in [6.07, 6.45) is 0.647.